The van der Waals surface area contributed by atoms with E-state index in [9.17, 15) is 4.79 Å². The lowest BCUT2D eigenvalue weighted by Crippen LogP contribution is -2.39. The molecule has 2 aromatic rings. The Kier molecular flexibility index (Phi) is 4.60. The van der Waals surface area contributed by atoms with Gasteiger partial charge in [0.05, 0.1) is 30.7 Å². The van der Waals surface area contributed by atoms with Gasteiger partial charge in [0.1, 0.15) is 6.10 Å². The highest BCUT2D eigenvalue weighted by Gasteiger charge is 2.50. The Bertz CT molecular complexity index is 836. The van der Waals surface area contributed by atoms with Crippen LogP contribution in [0.4, 0.5) is 5.69 Å². The highest BCUT2D eigenvalue weighted by atomic mass is 16.5. The van der Waals surface area contributed by atoms with Gasteiger partial charge in [0.25, 0.3) is 0 Å². The first kappa shape index (κ1) is 17.9. The second kappa shape index (κ2) is 6.93. The summed E-state index contributed by atoms with van der Waals surface area (Å²) in [4.78, 5) is 23.6. The minimum Gasteiger partial charge on any atom is -0.368 e. The number of hydrogen-bond donors (Lipinski definition) is 1. The van der Waals surface area contributed by atoms with Crippen molar-refractivity contribution in [3.63, 3.8) is 0 Å². The number of amides is 1. The summed E-state index contributed by atoms with van der Waals surface area (Å²) >= 11 is 0. The van der Waals surface area contributed by atoms with E-state index in [0.717, 1.165) is 17.9 Å². The molecule has 27 heavy (non-hydrogen) atoms. The minimum absolute atomic E-state index is 0.0743. The van der Waals surface area contributed by atoms with Crippen LogP contribution in [0.1, 0.15) is 37.2 Å². The van der Waals surface area contributed by atoms with Gasteiger partial charge in [0.2, 0.25) is 5.91 Å². The third kappa shape index (κ3) is 3.30. The number of aromatic nitrogens is 2. The zero-order valence-corrected chi connectivity index (χ0v) is 16.1. The zero-order chi connectivity index (χ0) is 19.0. The number of benzene rings is 1. The Morgan fingerprint density at radius 3 is 2.89 bits per heavy atom. The third-order valence-corrected chi connectivity index (χ3v) is 5.59. The molecular weight excluding hydrogens is 340 g/mol. The van der Waals surface area contributed by atoms with Crippen LogP contribution in [0.3, 0.4) is 0 Å². The second-order valence-electron chi connectivity index (χ2n) is 7.89. The molecule has 0 unspecified atom stereocenters. The maximum absolute atomic E-state index is 12.7. The fourth-order valence-electron chi connectivity index (χ4n) is 4.13. The molecule has 0 bridgehead atoms. The third-order valence-electron chi connectivity index (χ3n) is 5.59. The van der Waals surface area contributed by atoms with E-state index in [1.54, 1.807) is 12.4 Å². The van der Waals surface area contributed by atoms with Crippen molar-refractivity contribution >= 4 is 11.6 Å². The number of ether oxygens (including phenoxy) is 1. The van der Waals surface area contributed by atoms with E-state index < -0.39 is 6.10 Å². The van der Waals surface area contributed by atoms with Gasteiger partial charge in [0.15, 0.2) is 0 Å². The molecule has 1 saturated heterocycles. The molecule has 142 valence electrons. The lowest BCUT2D eigenvalue weighted by molar-refractivity contribution is -0.130. The quantitative estimate of drug-likeness (QED) is 0.900. The summed E-state index contributed by atoms with van der Waals surface area (Å²) in [6, 6.07) is 8.93. The van der Waals surface area contributed by atoms with Crippen LogP contribution in [-0.4, -0.2) is 41.2 Å². The van der Waals surface area contributed by atoms with Crippen molar-refractivity contribution in [1.29, 1.82) is 0 Å². The zero-order valence-electron chi connectivity index (χ0n) is 16.1. The molecule has 1 fully saturated rings. The van der Waals surface area contributed by atoms with Crippen LogP contribution in [0.2, 0.25) is 0 Å². The number of anilines is 1. The van der Waals surface area contributed by atoms with Crippen LogP contribution in [0.25, 0.3) is 0 Å². The molecule has 6 heteroatoms. The number of fused-ring (bicyclic) bond motifs is 2. The summed E-state index contributed by atoms with van der Waals surface area (Å²) in [5, 5.41) is 2.94. The molecule has 0 saturated carbocycles. The molecule has 4 rings (SSSR count). The number of para-hydroxylation sites is 1. The molecule has 1 amide bonds. The fraction of sp³-hybridized carbons (Fsp3) is 0.476. The number of nitrogens with one attached hydrogen (secondary N) is 1. The van der Waals surface area contributed by atoms with E-state index in [4.69, 9.17) is 4.74 Å². The van der Waals surface area contributed by atoms with Gasteiger partial charge in [-0.1, -0.05) is 18.2 Å². The second-order valence-corrected chi connectivity index (χ2v) is 7.89. The smallest absolute Gasteiger partial charge is 0.249 e. The largest absolute Gasteiger partial charge is 0.368 e. The van der Waals surface area contributed by atoms with E-state index in [1.165, 1.54) is 11.3 Å². The van der Waals surface area contributed by atoms with Crippen LogP contribution in [0.15, 0.2) is 36.7 Å². The van der Waals surface area contributed by atoms with Gasteiger partial charge < -0.3 is 15.0 Å². The Balaban J connectivity index is 1.45. The van der Waals surface area contributed by atoms with E-state index in [-0.39, 0.29) is 11.3 Å². The van der Waals surface area contributed by atoms with E-state index in [0.29, 0.717) is 25.6 Å². The summed E-state index contributed by atoms with van der Waals surface area (Å²) in [7, 11) is 0. The Hall–Kier alpha value is -2.47. The fourth-order valence-corrected chi connectivity index (χ4v) is 4.13. The Morgan fingerprint density at radius 1 is 1.33 bits per heavy atom. The van der Waals surface area contributed by atoms with Crippen LogP contribution in [0, 0.1) is 6.92 Å². The topological polar surface area (TPSA) is 67.3 Å². The van der Waals surface area contributed by atoms with Crippen molar-refractivity contribution < 1.29 is 9.53 Å². The maximum atomic E-state index is 12.7. The first-order valence-corrected chi connectivity index (χ1v) is 9.51. The predicted molar refractivity (Wildman–Crippen MR) is 104 cm³/mol. The lowest BCUT2D eigenvalue weighted by atomic mass is 9.80. The molecule has 3 heterocycles. The monoisotopic (exact) mass is 366 g/mol. The van der Waals surface area contributed by atoms with Gasteiger partial charge in [-0.3, -0.25) is 14.8 Å². The number of rotatable bonds is 4. The van der Waals surface area contributed by atoms with E-state index in [1.807, 2.05) is 6.92 Å². The van der Waals surface area contributed by atoms with Gasteiger partial charge in [-0.2, -0.15) is 0 Å². The average molecular weight is 366 g/mol. The van der Waals surface area contributed by atoms with Crippen LogP contribution in [-0.2, 0) is 21.5 Å². The van der Waals surface area contributed by atoms with Crippen molar-refractivity contribution in [2.75, 3.05) is 18.1 Å². The standard InChI is InChI=1S/C21H26N4O2/c1-14(2)25-12-21(17-6-4-5-7-18(17)25)8-19(27-13-21)20(26)24-11-16-10-22-15(3)9-23-16/h4-7,9-10,14,19H,8,11-13H2,1-3H3,(H,24,26)/t19-,21-/m0/s1. The average Bonchev–Trinajstić information content (AvgIpc) is 3.24. The lowest BCUT2D eigenvalue weighted by Gasteiger charge is -2.27. The minimum atomic E-state index is -0.427. The molecule has 2 aliphatic rings. The molecular formula is C21H26N4O2. The number of aryl methyl sites for hydroxylation is 1. The van der Waals surface area contributed by atoms with Gasteiger partial charge in [0, 0.05) is 29.9 Å². The molecule has 0 radical (unpaired) electrons. The maximum Gasteiger partial charge on any atom is 0.249 e. The summed E-state index contributed by atoms with van der Waals surface area (Å²) in [6.45, 7) is 8.15. The van der Waals surface area contributed by atoms with Crippen LogP contribution < -0.4 is 10.2 Å². The normalized spacial score (nSPS) is 23.9. The highest BCUT2D eigenvalue weighted by molar-refractivity contribution is 5.81. The molecule has 1 aromatic carbocycles. The Labute approximate surface area is 160 Å². The summed E-state index contributed by atoms with van der Waals surface area (Å²) < 4.78 is 5.97. The van der Waals surface area contributed by atoms with Gasteiger partial charge in [-0.25, -0.2) is 0 Å². The van der Waals surface area contributed by atoms with Gasteiger partial charge >= 0.3 is 0 Å². The number of nitrogens with zero attached hydrogens (tertiary/aromatic N) is 3. The number of hydrogen-bond acceptors (Lipinski definition) is 5. The first-order chi connectivity index (χ1) is 13.0. The molecule has 1 spiro atoms. The van der Waals surface area contributed by atoms with Crippen LogP contribution in [0.5, 0.6) is 0 Å². The van der Waals surface area contributed by atoms with Crippen molar-refractivity contribution in [2.45, 2.75) is 51.3 Å². The first-order valence-electron chi connectivity index (χ1n) is 9.51. The van der Waals surface area contributed by atoms with Crippen molar-refractivity contribution in [2.24, 2.45) is 0 Å². The summed E-state index contributed by atoms with van der Waals surface area (Å²) in [5.74, 6) is -0.0743. The van der Waals surface area contributed by atoms with Gasteiger partial charge in [-0.05, 0) is 38.8 Å². The number of carbonyl (C=O) groups is 1. The van der Waals surface area contributed by atoms with Gasteiger partial charge in [-0.15, -0.1) is 0 Å². The summed E-state index contributed by atoms with van der Waals surface area (Å²) in [6.07, 6.45) is 3.68. The molecule has 1 N–H and O–H groups in total. The number of carbonyl (C=O) groups excluding carboxylic acids is 1. The molecule has 6 nitrogen and oxygen atoms in total. The SMILES string of the molecule is Cc1cnc(CNC(=O)[C@@H]2C[C@@]3(CO2)CN(C(C)C)c2ccccc23)cn1. The summed E-state index contributed by atoms with van der Waals surface area (Å²) in [5.41, 5.74) is 4.08. The van der Waals surface area contributed by atoms with E-state index >= 15 is 0 Å². The molecule has 1 aromatic heterocycles. The van der Waals surface area contributed by atoms with Crippen molar-refractivity contribution in [3.8, 4) is 0 Å². The van der Waals surface area contributed by atoms with Crippen molar-refractivity contribution in [3.05, 3.63) is 53.6 Å². The molecule has 0 aliphatic carbocycles. The Morgan fingerprint density at radius 2 is 2.15 bits per heavy atom. The predicted octanol–water partition coefficient (Wildman–Crippen LogP) is 2.36. The molecule has 2 aliphatic heterocycles. The highest BCUT2D eigenvalue weighted by Crippen LogP contribution is 2.47. The van der Waals surface area contributed by atoms with Crippen LogP contribution >= 0.6 is 0 Å². The van der Waals surface area contributed by atoms with E-state index in [2.05, 4.69) is 58.3 Å². The van der Waals surface area contributed by atoms with Crippen molar-refractivity contribution in [1.82, 2.24) is 15.3 Å². The molecule has 2 atom stereocenters.